The average Bonchev–Trinajstić information content (AvgIpc) is 2.71. The molecule has 0 bridgehead atoms. The van der Waals surface area contributed by atoms with Crippen LogP contribution in [-0.4, -0.2) is 30.0 Å². The molecule has 2 rings (SSSR count). The van der Waals surface area contributed by atoms with Gasteiger partial charge in [-0.3, -0.25) is 0 Å². The highest BCUT2D eigenvalue weighted by Gasteiger charge is 2.15. The number of sulfonamides is 1. The van der Waals surface area contributed by atoms with Crippen molar-refractivity contribution in [1.82, 2.24) is 15.3 Å². The molecule has 1 heterocycles. The summed E-state index contributed by atoms with van der Waals surface area (Å²) in [5, 5.41) is 6.78. The van der Waals surface area contributed by atoms with Crippen LogP contribution in [0.1, 0.15) is 51.9 Å². The fourth-order valence-electron chi connectivity index (χ4n) is 2.71. The predicted molar refractivity (Wildman–Crippen MR) is 121 cm³/mol. The monoisotopic (exact) mass is 435 g/mol. The molecule has 158 valence electrons. The van der Waals surface area contributed by atoms with Crippen molar-refractivity contribution in [3.8, 4) is 0 Å². The van der Waals surface area contributed by atoms with Crippen LogP contribution < -0.4 is 15.4 Å². The highest BCUT2D eigenvalue weighted by Crippen LogP contribution is 2.16. The van der Waals surface area contributed by atoms with Gasteiger partial charge in [0.2, 0.25) is 5.95 Å². The molecule has 9 heteroatoms. The Bertz CT molecular complexity index is 843. The van der Waals surface area contributed by atoms with Crippen molar-refractivity contribution < 1.29 is 8.42 Å². The number of benzene rings is 1. The van der Waals surface area contributed by atoms with E-state index in [1.165, 1.54) is 63.1 Å². The number of unbranched alkanes of at least 4 members (excludes halogenated alkanes) is 6. The lowest BCUT2D eigenvalue weighted by atomic mass is 10.1. The van der Waals surface area contributed by atoms with Gasteiger partial charge in [-0.1, -0.05) is 45.4 Å². The van der Waals surface area contributed by atoms with Gasteiger partial charge < -0.3 is 10.6 Å². The molecule has 2 aromatic rings. The summed E-state index contributed by atoms with van der Waals surface area (Å²) in [7, 11) is -3.74. The van der Waals surface area contributed by atoms with Crippen LogP contribution in [-0.2, 0) is 10.0 Å². The third-order valence-corrected chi connectivity index (χ3v) is 5.87. The van der Waals surface area contributed by atoms with Gasteiger partial charge in [0.1, 0.15) is 0 Å². The van der Waals surface area contributed by atoms with Crippen LogP contribution in [0, 0.1) is 0 Å². The zero-order valence-corrected chi connectivity index (χ0v) is 18.4. The highest BCUT2D eigenvalue weighted by atomic mass is 32.2. The number of rotatable bonds is 12. The second-order valence-corrected chi connectivity index (χ2v) is 8.80. The van der Waals surface area contributed by atoms with Gasteiger partial charge in [-0.05, 0) is 49.0 Å². The topological polar surface area (TPSA) is 96.0 Å². The Hall–Kier alpha value is -2.26. The lowest BCUT2D eigenvalue weighted by Crippen LogP contribution is -2.29. The molecule has 0 spiro atoms. The molecule has 0 unspecified atom stereocenters. The minimum absolute atomic E-state index is 0.0328. The molecule has 0 aliphatic heterocycles. The maximum absolute atomic E-state index is 12.4. The summed E-state index contributed by atoms with van der Waals surface area (Å²) in [5.41, 5.74) is 0.719. The molecule has 0 saturated carbocycles. The summed E-state index contributed by atoms with van der Waals surface area (Å²) in [4.78, 5) is 7.86. The number of nitrogens with one attached hydrogen (secondary N) is 3. The van der Waals surface area contributed by atoms with Crippen LogP contribution in [0.4, 0.5) is 11.6 Å². The van der Waals surface area contributed by atoms with Gasteiger partial charge in [-0.2, -0.15) is 0 Å². The molecule has 0 aliphatic carbocycles. The van der Waals surface area contributed by atoms with Crippen LogP contribution in [0.5, 0.6) is 0 Å². The number of hydrogen-bond donors (Lipinski definition) is 3. The molecular weight excluding hydrogens is 406 g/mol. The number of thiocarbonyl (C=S) groups is 1. The third-order valence-electron chi connectivity index (χ3n) is 4.28. The molecule has 0 atom stereocenters. The molecule has 7 nitrogen and oxygen atoms in total. The lowest BCUT2D eigenvalue weighted by molar-refractivity contribution is 0.586. The van der Waals surface area contributed by atoms with Crippen LogP contribution in [0.3, 0.4) is 0 Å². The number of aromatic nitrogens is 2. The summed E-state index contributed by atoms with van der Waals surface area (Å²) in [6.07, 6.45) is 11.7. The van der Waals surface area contributed by atoms with Gasteiger partial charge in [0.05, 0.1) is 4.90 Å². The van der Waals surface area contributed by atoms with Crippen LogP contribution >= 0.6 is 12.2 Å². The second-order valence-electron chi connectivity index (χ2n) is 6.70. The first-order valence-electron chi connectivity index (χ1n) is 9.96. The fraction of sp³-hybridized carbons (Fsp3) is 0.450. The van der Waals surface area contributed by atoms with E-state index < -0.39 is 10.0 Å². The fourth-order valence-corrected chi connectivity index (χ4v) is 3.89. The first-order valence-corrected chi connectivity index (χ1v) is 11.8. The van der Waals surface area contributed by atoms with Gasteiger partial charge >= 0.3 is 0 Å². The standard InChI is InChI=1S/C20H29N5O2S2/c1-2-3-4-5-6-7-8-14-23-20(28)24-17-10-12-18(13-11-17)29(26,27)25-19-21-15-9-16-22-19/h9-13,15-16H,2-8,14H2,1H3,(H,21,22,25)(H2,23,24,28). The molecule has 0 amide bonds. The molecule has 3 N–H and O–H groups in total. The van der Waals surface area contributed by atoms with E-state index in [0.717, 1.165) is 18.7 Å². The average molecular weight is 436 g/mol. The summed E-state index contributed by atoms with van der Waals surface area (Å²) in [6, 6.07) is 7.96. The van der Waals surface area contributed by atoms with Crippen LogP contribution in [0.2, 0.25) is 0 Å². The van der Waals surface area contributed by atoms with Gasteiger partial charge in [0, 0.05) is 24.6 Å². The van der Waals surface area contributed by atoms with Crippen molar-refractivity contribution in [3.05, 3.63) is 42.7 Å². The van der Waals surface area contributed by atoms with Crippen LogP contribution in [0.15, 0.2) is 47.6 Å². The molecule has 1 aromatic carbocycles. The summed E-state index contributed by atoms with van der Waals surface area (Å²) < 4.78 is 27.1. The van der Waals surface area contributed by atoms with E-state index in [1.807, 2.05) is 0 Å². The van der Waals surface area contributed by atoms with Crippen molar-refractivity contribution in [3.63, 3.8) is 0 Å². The summed E-state index contributed by atoms with van der Waals surface area (Å²) >= 11 is 5.30. The van der Waals surface area contributed by atoms with E-state index in [2.05, 4.69) is 32.2 Å². The Morgan fingerprint density at radius 2 is 1.59 bits per heavy atom. The van der Waals surface area contributed by atoms with E-state index in [9.17, 15) is 8.42 Å². The molecule has 0 aliphatic rings. The van der Waals surface area contributed by atoms with E-state index >= 15 is 0 Å². The quantitative estimate of drug-likeness (QED) is 0.338. The Labute approximate surface area is 178 Å². The summed E-state index contributed by atoms with van der Waals surface area (Å²) in [6.45, 7) is 3.05. The molecule has 0 saturated heterocycles. The number of anilines is 2. The zero-order valence-electron chi connectivity index (χ0n) is 16.7. The molecule has 0 fully saturated rings. The SMILES string of the molecule is CCCCCCCCCNC(=S)Nc1ccc(S(=O)(=O)Nc2ncccn2)cc1. The first kappa shape index (κ1) is 23.0. The Balaban J connectivity index is 1.73. The van der Waals surface area contributed by atoms with E-state index in [0.29, 0.717) is 5.11 Å². The normalized spacial score (nSPS) is 11.1. The van der Waals surface area contributed by atoms with Crippen molar-refractivity contribution in [1.29, 1.82) is 0 Å². The maximum atomic E-state index is 12.4. The smallest absolute Gasteiger partial charge is 0.264 e. The molecule has 1 aromatic heterocycles. The highest BCUT2D eigenvalue weighted by molar-refractivity contribution is 7.92. The Morgan fingerprint density at radius 1 is 0.966 bits per heavy atom. The van der Waals surface area contributed by atoms with Crippen molar-refractivity contribution in [2.45, 2.75) is 56.8 Å². The third kappa shape index (κ3) is 8.74. The zero-order chi connectivity index (χ0) is 21.0. The van der Waals surface area contributed by atoms with Crippen molar-refractivity contribution >= 4 is 39.0 Å². The molecule has 29 heavy (non-hydrogen) atoms. The van der Waals surface area contributed by atoms with Gasteiger partial charge in [0.15, 0.2) is 5.11 Å². The Kier molecular flexibility index (Phi) is 9.79. The van der Waals surface area contributed by atoms with Gasteiger partial charge in [-0.15, -0.1) is 0 Å². The molecular formula is C20H29N5O2S2. The Morgan fingerprint density at radius 3 is 2.24 bits per heavy atom. The minimum Gasteiger partial charge on any atom is -0.362 e. The summed E-state index contributed by atoms with van der Waals surface area (Å²) in [5.74, 6) is 0.0328. The minimum atomic E-state index is -3.74. The van der Waals surface area contributed by atoms with Crippen molar-refractivity contribution in [2.24, 2.45) is 0 Å². The lowest BCUT2D eigenvalue weighted by Gasteiger charge is -2.11. The maximum Gasteiger partial charge on any atom is 0.264 e. The number of nitrogens with zero attached hydrogens (tertiary/aromatic N) is 2. The molecule has 0 radical (unpaired) electrons. The van der Waals surface area contributed by atoms with Crippen molar-refractivity contribution in [2.75, 3.05) is 16.6 Å². The predicted octanol–water partition coefficient (Wildman–Crippen LogP) is 4.31. The van der Waals surface area contributed by atoms with E-state index in [4.69, 9.17) is 12.2 Å². The van der Waals surface area contributed by atoms with E-state index in [-0.39, 0.29) is 10.8 Å². The van der Waals surface area contributed by atoms with Gasteiger partial charge in [-0.25, -0.2) is 23.1 Å². The number of hydrogen-bond acceptors (Lipinski definition) is 5. The second kappa shape index (κ2) is 12.3. The largest absolute Gasteiger partial charge is 0.362 e. The van der Waals surface area contributed by atoms with Crippen LogP contribution in [0.25, 0.3) is 0 Å². The first-order chi connectivity index (χ1) is 14.0. The van der Waals surface area contributed by atoms with Gasteiger partial charge in [0.25, 0.3) is 10.0 Å². The van der Waals surface area contributed by atoms with E-state index in [1.54, 1.807) is 18.2 Å².